The fraction of sp³-hybridized carbons (Fsp3) is 0.976. The van der Waals surface area contributed by atoms with Gasteiger partial charge in [-0.05, 0) is 12.8 Å². The first-order valence-corrected chi connectivity index (χ1v) is 20.6. The van der Waals surface area contributed by atoms with Gasteiger partial charge in [-0.2, -0.15) is 0 Å². The van der Waals surface area contributed by atoms with E-state index in [0.717, 1.165) is 19.3 Å². The van der Waals surface area contributed by atoms with Gasteiger partial charge in [-0.1, -0.05) is 213 Å². The first-order valence-electron chi connectivity index (χ1n) is 20.6. The van der Waals surface area contributed by atoms with Crippen molar-refractivity contribution >= 4 is 5.97 Å². The summed E-state index contributed by atoms with van der Waals surface area (Å²) >= 11 is 0. The standard InChI is InChI=1S/C41H82O4/c1-3-5-7-9-11-13-15-17-18-19-20-21-22-23-24-25-26-28-30-32-34-36-41(43)45-40(38-42)39-44-37-35-33-31-29-27-16-14-12-10-8-6-4-2/h40,42H,3-39H2,1-2H3. The van der Waals surface area contributed by atoms with E-state index in [9.17, 15) is 9.90 Å². The highest BCUT2D eigenvalue weighted by molar-refractivity contribution is 5.69. The van der Waals surface area contributed by atoms with E-state index in [4.69, 9.17) is 9.47 Å². The van der Waals surface area contributed by atoms with Gasteiger partial charge in [-0.15, -0.1) is 0 Å². The van der Waals surface area contributed by atoms with Crippen molar-refractivity contribution in [2.45, 2.75) is 238 Å². The number of ether oxygens (including phenoxy) is 2. The van der Waals surface area contributed by atoms with Crippen molar-refractivity contribution in [3.8, 4) is 0 Å². The second kappa shape index (κ2) is 39.6. The van der Waals surface area contributed by atoms with E-state index in [-0.39, 0.29) is 12.6 Å². The molecular formula is C41H82O4. The minimum atomic E-state index is -0.523. The number of aliphatic hydroxyl groups excluding tert-OH is 1. The van der Waals surface area contributed by atoms with Crippen LogP contribution in [0.4, 0.5) is 0 Å². The van der Waals surface area contributed by atoms with Crippen molar-refractivity contribution in [1.82, 2.24) is 0 Å². The van der Waals surface area contributed by atoms with Crippen LogP contribution in [0.1, 0.15) is 232 Å². The van der Waals surface area contributed by atoms with Gasteiger partial charge in [0.1, 0.15) is 6.10 Å². The Labute approximate surface area is 283 Å². The van der Waals surface area contributed by atoms with Gasteiger partial charge in [0.15, 0.2) is 0 Å². The van der Waals surface area contributed by atoms with Crippen LogP contribution in [0.3, 0.4) is 0 Å². The second-order valence-corrected chi connectivity index (χ2v) is 14.1. The molecule has 1 N–H and O–H groups in total. The molecule has 0 amide bonds. The van der Waals surface area contributed by atoms with Crippen LogP contribution < -0.4 is 0 Å². The molecule has 0 aromatic carbocycles. The lowest BCUT2D eigenvalue weighted by Crippen LogP contribution is -2.27. The van der Waals surface area contributed by atoms with E-state index >= 15 is 0 Å². The highest BCUT2D eigenvalue weighted by Gasteiger charge is 2.13. The summed E-state index contributed by atoms with van der Waals surface area (Å²) in [5.74, 6) is -0.194. The van der Waals surface area contributed by atoms with Crippen LogP contribution >= 0.6 is 0 Å². The number of rotatable bonds is 39. The van der Waals surface area contributed by atoms with Crippen LogP contribution in [-0.2, 0) is 14.3 Å². The molecule has 0 fully saturated rings. The van der Waals surface area contributed by atoms with Gasteiger partial charge in [0.25, 0.3) is 0 Å². The number of hydrogen-bond donors (Lipinski definition) is 1. The maximum absolute atomic E-state index is 12.2. The third kappa shape index (κ3) is 37.7. The van der Waals surface area contributed by atoms with E-state index in [2.05, 4.69) is 13.8 Å². The lowest BCUT2D eigenvalue weighted by Gasteiger charge is -2.16. The van der Waals surface area contributed by atoms with Crippen molar-refractivity contribution in [3.05, 3.63) is 0 Å². The number of hydrogen-bond acceptors (Lipinski definition) is 4. The third-order valence-corrected chi connectivity index (χ3v) is 9.43. The molecule has 270 valence electrons. The van der Waals surface area contributed by atoms with Crippen molar-refractivity contribution in [1.29, 1.82) is 0 Å². The molecule has 45 heavy (non-hydrogen) atoms. The first-order chi connectivity index (χ1) is 22.2. The summed E-state index contributed by atoms with van der Waals surface area (Å²) in [5.41, 5.74) is 0. The zero-order chi connectivity index (χ0) is 32.7. The van der Waals surface area contributed by atoms with E-state index in [1.165, 1.54) is 193 Å². The van der Waals surface area contributed by atoms with Crippen LogP contribution in [0.15, 0.2) is 0 Å². The van der Waals surface area contributed by atoms with Gasteiger partial charge in [-0.3, -0.25) is 4.79 Å². The Morgan fingerprint density at radius 3 is 1.04 bits per heavy atom. The minimum absolute atomic E-state index is 0.163. The third-order valence-electron chi connectivity index (χ3n) is 9.43. The highest BCUT2D eigenvalue weighted by atomic mass is 16.6. The quantitative estimate of drug-likeness (QED) is 0.0537. The summed E-state index contributed by atoms with van der Waals surface area (Å²) in [6.45, 7) is 5.39. The van der Waals surface area contributed by atoms with Crippen LogP contribution in [0.2, 0.25) is 0 Å². The van der Waals surface area contributed by atoms with Crippen molar-refractivity contribution in [2.75, 3.05) is 19.8 Å². The molecule has 1 atom stereocenters. The van der Waals surface area contributed by atoms with E-state index in [1.807, 2.05) is 0 Å². The molecule has 0 aliphatic carbocycles. The van der Waals surface area contributed by atoms with Gasteiger partial charge in [0, 0.05) is 13.0 Å². The highest BCUT2D eigenvalue weighted by Crippen LogP contribution is 2.16. The van der Waals surface area contributed by atoms with E-state index in [1.54, 1.807) is 0 Å². The molecule has 0 aliphatic rings. The molecule has 0 bridgehead atoms. The maximum Gasteiger partial charge on any atom is 0.306 e. The molecule has 0 rings (SSSR count). The minimum Gasteiger partial charge on any atom is -0.457 e. The summed E-state index contributed by atoms with van der Waals surface area (Å²) in [5, 5.41) is 9.57. The van der Waals surface area contributed by atoms with Gasteiger partial charge >= 0.3 is 5.97 Å². The van der Waals surface area contributed by atoms with E-state index < -0.39 is 6.10 Å². The average molecular weight is 639 g/mol. The lowest BCUT2D eigenvalue weighted by molar-refractivity contribution is -0.154. The number of carbonyl (C=O) groups is 1. The molecule has 0 aromatic rings. The smallest absolute Gasteiger partial charge is 0.306 e. The van der Waals surface area contributed by atoms with Crippen LogP contribution in [0.25, 0.3) is 0 Å². The van der Waals surface area contributed by atoms with Crippen LogP contribution in [0, 0.1) is 0 Å². The molecule has 0 radical (unpaired) electrons. The Hall–Kier alpha value is -0.610. The number of carbonyl (C=O) groups excluding carboxylic acids is 1. The van der Waals surface area contributed by atoms with Crippen molar-refractivity contribution in [2.24, 2.45) is 0 Å². The molecule has 1 unspecified atom stereocenters. The lowest BCUT2D eigenvalue weighted by atomic mass is 10.0. The Morgan fingerprint density at radius 2 is 0.733 bits per heavy atom. The molecule has 0 aliphatic heterocycles. The van der Waals surface area contributed by atoms with Crippen molar-refractivity contribution < 1.29 is 19.4 Å². The fourth-order valence-corrected chi connectivity index (χ4v) is 6.33. The summed E-state index contributed by atoms with van der Waals surface area (Å²) in [7, 11) is 0. The van der Waals surface area contributed by atoms with Crippen LogP contribution in [-0.4, -0.2) is 37.0 Å². The molecule has 0 heterocycles. The Bertz CT molecular complexity index is 552. The average Bonchev–Trinajstić information content (AvgIpc) is 3.05. The molecular weight excluding hydrogens is 556 g/mol. The van der Waals surface area contributed by atoms with Gasteiger partial charge in [0.05, 0.1) is 13.2 Å². The molecule has 0 aromatic heterocycles. The summed E-state index contributed by atoms with van der Waals surface area (Å²) < 4.78 is 11.1. The van der Waals surface area contributed by atoms with Crippen molar-refractivity contribution in [3.63, 3.8) is 0 Å². The van der Waals surface area contributed by atoms with Gasteiger partial charge in [0.2, 0.25) is 0 Å². The van der Waals surface area contributed by atoms with Gasteiger partial charge in [-0.25, -0.2) is 0 Å². The molecule has 0 saturated heterocycles. The number of aliphatic hydroxyl groups is 1. The van der Waals surface area contributed by atoms with Crippen LogP contribution in [0.5, 0.6) is 0 Å². The Morgan fingerprint density at radius 1 is 0.444 bits per heavy atom. The van der Waals surface area contributed by atoms with Gasteiger partial charge < -0.3 is 14.6 Å². The summed E-state index contributed by atoms with van der Waals surface area (Å²) in [4.78, 5) is 12.2. The Kier molecular flexibility index (Phi) is 39.0. The first kappa shape index (κ1) is 44.4. The largest absolute Gasteiger partial charge is 0.457 e. The maximum atomic E-state index is 12.2. The second-order valence-electron chi connectivity index (χ2n) is 14.1. The number of esters is 1. The zero-order valence-corrected chi connectivity index (χ0v) is 30.9. The predicted molar refractivity (Wildman–Crippen MR) is 196 cm³/mol. The topological polar surface area (TPSA) is 55.8 Å². The number of unbranched alkanes of at least 4 members (excludes halogenated alkanes) is 31. The molecule has 4 nitrogen and oxygen atoms in total. The molecule has 0 spiro atoms. The fourth-order valence-electron chi connectivity index (χ4n) is 6.33. The summed E-state index contributed by atoms with van der Waals surface area (Å²) in [6.07, 6.45) is 44.4. The normalized spacial score (nSPS) is 12.2. The predicted octanol–water partition coefficient (Wildman–Crippen LogP) is 13.2. The SMILES string of the molecule is CCCCCCCCCCCCCCCCCCCCCCCC(=O)OC(CO)COCCCCCCCCCCCCCC. The zero-order valence-electron chi connectivity index (χ0n) is 30.9. The molecule has 4 heteroatoms. The summed E-state index contributed by atoms with van der Waals surface area (Å²) in [6, 6.07) is 0. The monoisotopic (exact) mass is 639 g/mol. The Balaban J connectivity index is 3.34. The van der Waals surface area contributed by atoms with E-state index in [0.29, 0.717) is 19.6 Å². The molecule has 0 saturated carbocycles.